The highest BCUT2D eigenvalue weighted by molar-refractivity contribution is 5.93. The molecule has 19 heavy (non-hydrogen) atoms. The third kappa shape index (κ3) is 3.07. The van der Waals surface area contributed by atoms with Crippen LogP contribution in [0.3, 0.4) is 0 Å². The Labute approximate surface area is 109 Å². The maximum absolute atomic E-state index is 13.0. The molecule has 0 spiro atoms. The van der Waals surface area contributed by atoms with Gasteiger partial charge in [-0.1, -0.05) is 0 Å². The Hall–Kier alpha value is -1.56. The highest BCUT2D eigenvalue weighted by Gasteiger charge is 2.27. The minimum Gasteiger partial charge on any atom is -0.326 e. The minimum atomic E-state index is -1.54. The van der Waals surface area contributed by atoms with Crippen molar-refractivity contribution in [2.24, 2.45) is 5.92 Å². The van der Waals surface area contributed by atoms with E-state index < -0.39 is 17.5 Å². The van der Waals surface area contributed by atoms with Crippen LogP contribution in [0.5, 0.6) is 0 Å². The lowest BCUT2D eigenvalue weighted by Crippen LogP contribution is -2.44. The summed E-state index contributed by atoms with van der Waals surface area (Å²) in [5.41, 5.74) is -0.0702. The molecule has 2 unspecified atom stereocenters. The van der Waals surface area contributed by atoms with E-state index in [1.165, 1.54) is 0 Å². The van der Waals surface area contributed by atoms with Gasteiger partial charge in [-0.2, -0.15) is 0 Å². The van der Waals surface area contributed by atoms with Gasteiger partial charge in [0.25, 0.3) is 0 Å². The van der Waals surface area contributed by atoms with E-state index in [0.29, 0.717) is 6.42 Å². The van der Waals surface area contributed by atoms with Crippen LogP contribution < -0.4 is 10.6 Å². The van der Waals surface area contributed by atoms with Gasteiger partial charge in [-0.25, -0.2) is 13.2 Å². The van der Waals surface area contributed by atoms with Gasteiger partial charge >= 0.3 is 0 Å². The van der Waals surface area contributed by atoms with Gasteiger partial charge in [0.15, 0.2) is 17.5 Å². The van der Waals surface area contributed by atoms with Gasteiger partial charge < -0.3 is 10.6 Å². The van der Waals surface area contributed by atoms with Gasteiger partial charge in [0.1, 0.15) is 0 Å². The number of benzene rings is 1. The smallest absolute Gasteiger partial charge is 0.229 e. The van der Waals surface area contributed by atoms with Crippen molar-refractivity contribution >= 4 is 11.6 Å². The molecule has 0 saturated carbocycles. The average Bonchev–Trinajstić information content (AvgIpc) is 2.36. The molecule has 0 aromatic heterocycles. The maximum atomic E-state index is 13.0. The van der Waals surface area contributed by atoms with Crippen LogP contribution in [0.4, 0.5) is 18.9 Å². The molecule has 0 bridgehead atoms. The lowest BCUT2D eigenvalue weighted by atomic mass is 9.91. The number of rotatable bonds is 2. The predicted octanol–water partition coefficient (Wildman–Crippen LogP) is 2.43. The fourth-order valence-corrected chi connectivity index (χ4v) is 2.26. The van der Waals surface area contributed by atoms with Crippen molar-refractivity contribution in [3.8, 4) is 0 Å². The number of piperidine rings is 1. The van der Waals surface area contributed by atoms with E-state index >= 15 is 0 Å². The first-order valence-electron chi connectivity index (χ1n) is 6.18. The summed E-state index contributed by atoms with van der Waals surface area (Å²) < 4.78 is 38.9. The van der Waals surface area contributed by atoms with Crippen LogP contribution in [0.15, 0.2) is 12.1 Å². The van der Waals surface area contributed by atoms with E-state index in [1.54, 1.807) is 0 Å². The third-order valence-electron chi connectivity index (χ3n) is 3.35. The highest BCUT2D eigenvalue weighted by Crippen LogP contribution is 2.21. The summed E-state index contributed by atoms with van der Waals surface area (Å²) in [6, 6.07) is 1.55. The number of hydrogen-bond donors (Lipinski definition) is 2. The van der Waals surface area contributed by atoms with Gasteiger partial charge in [0.05, 0.1) is 5.92 Å². The Kier molecular flexibility index (Phi) is 4.09. The predicted molar refractivity (Wildman–Crippen MR) is 65.1 cm³/mol. The summed E-state index contributed by atoms with van der Waals surface area (Å²) in [7, 11) is 0. The molecule has 1 heterocycles. The second kappa shape index (κ2) is 5.61. The molecule has 3 nitrogen and oxygen atoms in total. The van der Waals surface area contributed by atoms with E-state index in [9.17, 15) is 18.0 Å². The number of anilines is 1. The quantitative estimate of drug-likeness (QED) is 0.812. The second-order valence-electron chi connectivity index (χ2n) is 4.73. The molecule has 1 aromatic rings. The van der Waals surface area contributed by atoms with E-state index in [2.05, 4.69) is 10.6 Å². The van der Waals surface area contributed by atoms with E-state index in [0.717, 1.165) is 25.1 Å². The molecule has 2 N–H and O–H groups in total. The lowest BCUT2D eigenvalue weighted by Gasteiger charge is -2.28. The number of carbonyl (C=O) groups is 1. The van der Waals surface area contributed by atoms with Crippen molar-refractivity contribution in [3.63, 3.8) is 0 Å². The SMILES string of the molecule is CC1NCCCC1C(=O)Nc1cc(F)c(F)c(F)c1. The minimum absolute atomic E-state index is 0.00360. The Morgan fingerprint density at radius 3 is 2.53 bits per heavy atom. The van der Waals surface area contributed by atoms with Crippen molar-refractivity contribution in [2.45, 2.75) is 25.8 Å². The fraction of sp³-hybridized carbons (Fsp3) is 0.462. The number of nitrogens with one attached hydrogen (secondary N) is 2. The lowest BCUT2D eigenvalue weighted by molar-refractivity contribution is -0.121. The molecular formula is C13H15F3N2O. The van der Waals surface area contributed by atoms with Crippen LogP contribution in [-0.2, 0) is 4.79 Å². The Morgan fingerprint density at radius 1 is 1.32 bits per heavy atom. The normalized spacial score (nSPS) is 23.2. The fourth-order valence-electron chi connectivity index (χ4n) is 2.26. The molecule has 1 aliphatic heterocycles. The van der Waals surface area contributed by atoms with Crippen molar-refractivity contribution in [1.29, 1.82) is 0 Å². The summed E-state index contributed by atoms with van der Waals surface area (Å²) in [4.78, 5) is 12.0. The Balaban J connectivity index is 2.10. The highest BCUT2D eigenvalue weighted by atomic mass is 19.2. The third-order valence-corrected chi connectivity index (χ3v) is 3.35. The number of halogens is 3. The molecule has 1 aromatic carbocycles. The van der Waals surface area contributed by atoms with Gasteiger partial charge in [-0.3, -0.25) is 4.79 Å². The molecule has 1 saturated heterocycles. The van der Waals surface area contributed by atoms with Gasteiger partial charge in [0, 0.05) is 23.9 Å². The van der Waals surface area contributed by atoms with Crippen LogP contribution in [0, 0.1) is 23.4 Å². The molecule has 2 rings (SSSR count). The summed E-state index contributed by atoms with van der Waals surface area (Å²) in [6.07, 6.45) is 1.58. The topological polar surface area (TPSA) is 41.1 Å². The van der Waals surface area contributed by atoms with Crippen molar-refractivity contribution < 1.29 is 18.0 Å². The Morgan fingerprint density at radius 2 is 1.95 bits per heavy atom. The van der Waals surface area contributed by atoms with Gasteiger partial charge in [0.2, 0.25) is 5.91 Å². The first-order valence-corrected chi connectivity index (χ1v) is 6.18. The zero-order valence-electron chi connectivity index (χ0n) is 10.5. The zero-order chi connectivity index (χ0) is 14.0. The Bertz CT molecular complexity index is 470. The maximum Gasteiger partial charge on any atom is 0.229 e. The summed E-state index contributed by atoms with van der Waals surface area (Å²) in [6.45, 7) is 2.74. The number of amides is 1. The van der Waals surface area contributed by atoms with Crippen molar-refractivity contribution in [2.75, 3.05) is 11.9 Å². The van der Waals surface area contributed by atoms with E-state index in [4.69, 9.17) is 0 Å². The first kappa shape index (κ1) is 13.9. The van der Waals surface area contributed by atoms with Crippen molar-refractivity contribution in [3.05, 3.63) is 29.6 Å². The molecule has 1 aliphatic rings. The second-order valence-corrected chi connectivity index (χ2v) is 4.73. The van der Waals surface area contributed by atoms with Crippen LogP contribution in [-0.4, -0.2) is 18.5 Å². The van der Waals surface area contributed by atoms with Crippen LogP contribution >= 0.6 is 0 Å². The largest absolute Gasteiger partial charge is 0.326 e. The summed E-state index contributed by atoms with van der Waals surface area (Å²) in [5, 5.41) is 5.59. The molecule has 0 aliphatic carbocycles. The molecule has 0 radical (unpaired) electrons. The van der Waals surface area contributed by atoms with Crippen molar-refractivity contribution in [1.82, 2.24) is 5.32 Å². The molecule has 2 atom stereocenters. The monoisotopic (exact) mass is 272 g/mol. The molecular weight excluding hydrogens is 257 g/mol. The summed E-state index contributed by atoms with van der Waals surface area (Å²) >= 11 is 0. The number of hydrogen-bond acceptors (Lipinski definition) is 2. The van der Waals surface area contributed by atoms with Crippen LogP contribution in [0.2, 0.25) is 0 Å². The molecule has 1 amide bonds. The zero-order valence-corrected chi connectivity index (χ0v) is 10.5. The first-order chi connectivity index (χ1) is 8.99. The average molecular weight is 272 g/mol. The van der Waals surface area contributed by atoms with Gasteiger partial charge in [-0.15, -0.1) is 0 Å². The molecule has 104 valence electrons. The standard InChI is InChI=1S/C13H15F3N2O/c1-7-9(3-2-4-17-7)13(19)18-8-5-10(14)12(16)11(15)6-8/h5-7,9,17H,2-4H2,1H3,(H,18,19). The van der Waals surface area contributed by atoms with Gasteiger partial charge in [-0.05, 0) is 26.3 Å². The molecule has 6 heteroatoms. The van der Waals surface area contributed by atoms with E-state index in [-0.39, 0.29) is 23.6 Å². The summed E-state index contributed by atoms with van der Waals surface area (Å²) in [5.74, 6) is -4.74. The van der Waals surface area contributed by atoms with E-state index in [1.807, 2.05) is 6.92 Å². The molecule has 1 fully saturated rings. The van der Waals surface area contributed by atoms with Crippen LogP contribution in [0.1, 0.15) is 19.8 Å². The number of carbonyl (C=O) groups excluding carboxylic acids is 1. The van der Waals surface area contributed by atoms with Crippen LogP contribution in [0.25, 0.3) is 0 Å².